The molecule has 0 atom stereocenters. The molecule has 0 heterocycles. The van der Waals surface area contributed by atoms with Crippen LogP contribution in [0.15, 0.2) is 23.8 Å². The summed E-state index contributed by atoms with van der Waals surface area (Å²) in [7, 11) is 0. The van der Waals surface area contributed by atoms with E-state index in [0.717, 1.165) is 17.7 Å². The Morgan fingerprint density at radius 3 is 2.38 bits per heavy atom. The van der Waals surface area contributed by atoms with Crippen molar-refractivity contribution in [1.29, 1.82) is 0 Å². The third kappa shape index (κ3) is 8.33. The third-order valence-electron chi connectivity index (χ3n) is 1.08. The average Bonchev–Trinajstić information content (AvgIpc) is 2.00. The van der Waals surface area contributed by atoms with Crippen LogP contribution in [0.3, 0.4) is 0 Å². The van der Waals surface area contributed by atoms with Gasteiger partial charge in [-0.15, -0.1) is 0 Å². The van der Waals surface area contributed by atoms with Crippen LogP contribution in [0.2, 0.25) is 0 Å². The summed E-state index contributed by atoms with van der Waals surface area (Å²) in [4.78, 5) is 20.7. The zero-order valence-corrected chi connectivity index (χ0v) is 7.61. The molecule has 0 aromatic carbocycles. The zero-order valence-electron chi connectivity index (χ0n) is 7.61. The van der Waals surface area contributed by atoms with Crippen LogP contribution >= 0.6 is 0 Å². The molecule has 0 bridgehead atoms. The molecule has 0 saturated heterocycles. The Morgan fingerprint density at radius 2 is 1.92 bits per heavy atom. The minimum atomic E-state index is -1.17. The van der Waals surface area contributed by atoms with Gasteiger partial charge >= 0.3 is 11.9 Å². The van der Waals surface area contributed by atoms with Crippen LogP contribution in [0.1, 0.15) is 13.8 Å². The van der Waals surface area contributed by atoms with Gasteiger partial charge in [-0.2, -0.15) is 0 Å². The Balaban J connectivity index is 3.77. The first-order valence-corrected chi connectivity index (χ1v) is 3.73. The van der Waals surface area contributed by atoms with Gasteiger partial charge in [0.1, 0.15) is 6.61 Å². The van der Waals surface area contributed by atoms with E-state index in [1.165, 1.54) is 0 Å². The summed E-state index contributed by atoms with van der Waals surface area (Å²) >= 11 is 0. The molecule has 4 heteroatoms. The summed E-state index contributed by atoms with van der Waals surface area (Å²) in [5, 5.41) is 8.17. The van der Waals surface area contributed by atoms with Crippen molar-refractivity contribution in [1.82, 2.24) is 0 Å². The van der Waals surface area contributed by atoms with Crippen LogP contribution in [-0.4, -0.2) is 23.7 Å². The predicted molar refractivity (Wildman–Crippen MR) is 47.2 cm³/mol. The third-order valence-corrected chi connectivity index (χ3v) is 1.08. The van der Waals surface area contributed by atoms with Crippen molar-refractivity contribution >= 4 is 11.9 Å². The highest BCUT2D eigenvalue weighted by molar-refractivity contribution is 5.90. The molecule has 0 aliphatic rings. The van der Waals surface area contributed by atoms with E-state index in [-0.39, 0.29) is 6.61 Å². The summed E-state index contributed by atoms with van der Waals surface area (Å²) in [5.74, 6) is -1.82. The van der Waals surface area contributed by atoms with Crippen molar-refractivity contribution in [3.05, 3.63) is 23.8 Å². The maximum Gasteiger partial charge on any atom is 0.331 e. The lowest BCUT2D eigenvalue weighted by molar-refractivity contribution is -0.137. The van der Waals surface area contributed by atoms with E-state index in [1.807, 2.05) is 13.8 Å². The van der Waals surface area contributed by atoms with Crippen LogP contribution in [0.5, 0.6) is 0 Å². The molecule has 0 unspecified atom stereocenters. The molecule has 0 aliphatic carbocycles. The lowest BCUT2D eigenvalue weighted by Crippen LogP contribution is -2.01. The van der Waals surface area contributed by atoms with Crippen LogP contribution < -0.4 is 0 Å². The van der Waals surface area contributed by atoms with Gasteiger partial charge in [-0.1, -0.05) is 5.57 Å². The molecular formula is C9H12O4. The predicted octanol–water partition coefficient (Wildman–Crippen LogP) is 1.14. The van der Waals surface area contributed by atoms with Gasteiger partial charge in [-0.05, 0) is 19.9 Å². The first kappa shape index (κ1) is 11.4. The molecule has 0 rings (SSSR count). The SMILES string of the molecule is CC(C)=CCOC(=O)/C=C\C(=O)O. The Hall–Kier alpha value is -1.58. The normalized spacial score (nSPS) is 9.69. The van der Waals surface area contributed by atoms with Crippen molar-refractivity contribution in [3.63, 3.8) is 0 Å². The van der Waals surface area contributed by atoms with Crippen molar-refractivity contribution in [2.75, 3.05) is 6.61 Å². The molecule has 0 aliphatic heterocycles. The number of hydrogen-bond donors (Lipinski definition) is 1. The first-order chi connectivity index (χ1) is 6.02. The molecule has 0 amide bonds. The van der Waals surface area contributed by atoms with Gasteiger partial charge in [-0.25, -0.2) is 9.59 Å². The standard InChI is InChI=1S/C9H12O4/c1-7(2)5-6-13-9(12)4-3-8(10)11/h3-5H,6H2,1-2H3,(H,10,11)/b4-3-. The number of carbonyl (C=O) groups is 2. The molecule has 0 aromatic heterocycles. The van der Waals surface area contributed by atoms with E-state index in [2.05, 4.69) is 4.74 Å². The maximum atomic E-state index is 10.7. The highest BCUT2D eigenvalue weighted by atomic mass is 16.5. The number of aliphatic carboxylic acids is 1. The van der Waals surface area contributed by atoms with Crippen LogP contribution in [-0.2, 0) is 14.3 Å². The fraction of sp³-hybridized carbons (Fsp3) is 0.333. The second-order valence-corrected chi connectivity index (χ2v) is 2.58. The number of hydrogen-bond acceptors (Lipinski definition) is 3. The van der Waals surface area contributed by atoms with Crippen molar-refractivity contribution in [2.24, 2.45) is 0 Å². The first-order valence-electron chi connectivity index (χ1n) is 3.73. The van der Waals surface area contributed by atoms with Crippen LogP contribution in [0, 0.1) is 0 Å². The van der Waals surface area contributed by atoms with Gasteiger partial charge in [0.25, 0.3) is 0 Å². The van der Waals surface area contributed by atoms with E-state index < -0.39 is 11.9 Å². The fourth-order valence-corrected chi connectivity index (χ4v) is 0.478. The van der Waals surface area contributed by atoms with Gasteiger partial charge in [0.05, 0.1) is 0 Å². The second-order valence-electron chi connectivity index (χ2n) is 2.58. The van der Waals surface area contributed by atoms with E-state index in [4.69, 9.17) is 5.11 Å². The largest absolute Gasteiger partial charge is 0.478 e. The Bertz CT molecular complexity index is 246. The molecular weight excluding hydrogens is 172 g/mol. The average molecular weight is 184 g/mol. The highest BCUT2D eigenvalue weighted by Crippen LogP contribution is 1.89. The maximum absolute atomic E-state index is 10.7. The summed E-state index contributed by atoms with van der Waals surface area (Å²) in [6.45, 7) is 3.92. The summed E-state index contributed by atoms with van der Waals surface area (Å²) in [5.41, 5.74) is 1.04. The molecule has 0 radical (unpaired) electrons. The topological polar surface area (TPSA) is 63.6 Å². The Kier molecular flexibility index (Phi) is 5.27. The van der Waals surface area contributed by atoms with Gasteiger partial charge < -0.3 is 9.84 Å². The van der Waals surface area contributed by atoms with Gasteiger partial charge in [0.15, 0.2) is 0 Å². The quantitative estimate of drug-likeness (QED) is 0.404. The van der Waals surface area contributed by atoms with Gasteiger partial charge in [-0.3, -0.25) is 0 Å². The summed E-state index contributed by atoms with van der Waals surface area (Å²) in [6.07, 6.45) is 3.35. The van der Waals surface area contributed by atoms with E-state index in [0.29, 0.717) is 0 Å². The molecule has 0 spiro atoms. The van der Waals surface area contributed by atoms with E-state index >= 15 is 0 Å². The Morgan fingerprint density at radius 1 is 1.31 bits per heavy atom. The number of carboxylic acids is 1. The monoisotopic (exact) mass is 184 g/mol. The van der Waals surface area contributed by atoms with Gasteiger partial charge in [0.2, 0.25) is 0 Å². The number of carbonyl (C=O) groups excluding carboxylic acids is 1. The number of allylic oxidation sites excluding steroid dienone is 1. The van der Waals surface area contributed by atoms with Crippen molar-refractivity contribution in [2.45, 2.75) is 13.8 Å². The number of esters is 1. The Labute approximate surface area is 76.5 Å². The molecule has 4 nitrogen and oxygen atoms in total. The van der Waals surface area contributed by atoms with Crippen LogP contribution in [0.25, 0.3) is 0 Å². The second kappa shape index (κ2) is 5.99. The smallest absolute Gasteiger partial charge is 0.331 e. The number of rotatable bonds is 4. The van der Waals surface area contributed by atoms with Gasteiger partial charge in [0, 0.05) is 12.2 Å². The van der Waals surface area contributed by atoms with Crippen molar-refractivity contribution in [3.8, 4) is 0 Å². The number of ether oxygens (including phenoxy) is 1. The van der Waals surface area contributed by atoms with Crippen LogP contribution in [0.4, 0.5) is 0 Å². The summed E-state index contributed by atoms with van der Waals surface area (Å²) < 4.78 is 4.64. The minimum Gasteiger partial charge on any atom is -0.478 e. The zero-order chi connectivity index (χ0) is 10.3. The highest BCUT2D eigenvalue weighted by Gasteiger charge is 1.95. The lowest BCUT2D eigenvalue weighted by Gasteiger charge is -1.96. The molecule has 0 aromatic rings. The van der Waals surface area contributed by atoms with E-state index in [1.54, 1.807) is 6.08 Å². The minimum absolute atomic E-state index is 0.172. The molecule has 0 fully saturated rings. The number of carboxylic acid groups (broad SMARTS) is 1. The molecule has 13 heavy (non-hydrogen) atoms. The molecule has 72 valence electrons. The molecule has 1 N–H and O–H groups in total. The fourth-order valence-electron chi connectivity index (χ4n) is 0.478. The van der Waals surface area contributed by atoms with E-state index in [9.17, 15) is 9.59 Å². The molecule has 0 saturated carbocycles. The summed E-state index contributed by atoms with van der Waals surface area (Å²) in [6, 6.07) is 0. The lowest BCUT2D eigenvalue weighted by atomic mass is 10.3. The van der Waals surface area contributed by atoms with Crippen molar-refractivity contribution < 1.29 is 19.4 Å².